The zero-order valence-corrected chi connectivity index (χ0v) is 17.0. The van der Waals surface area contributed by atoms with Crippen LogP contribution >= 0.6 is 0 Å². The number of carbonyl (C=O) groups is 1. The van der Waals surface area contributed by atoms with Crippen molar-refractivity contribution < 1.29 is 14.6 Å². The lowest BCUT2D eigenvalue weighted by atomic mass is 9.87. The van der Waals surface area contributed by atoms with Gasteiger partial charge in [-0.25, -0.2) is 0 Å². The lowest BCUT2D eigenvalue weighted by molar-refractivity contribution is -0.122. The fraction of sp³-hybridized carbons (Fsp3) is 0.682. The number of ether oxygens (including phenoxy) is 1. The summed E-state index contributed by atoms with van der Waals surface area (Å²) in [5.74, 6) is 1.56. The van der Waals surface area contributed by atoms with E-state index in [9.17, 15) is 9.90 Å². The van der Waals surface area contributed by atoms with Crippen LogP contribution in [-0.4, -0.2) is 48.3 Å². The van der Waals surface area contributed by atoms with Crippen molar-refractivity contribution in [1.29, 1.82) is 0 Å². The number of amides is 1. The monoisotopic (exact) mass is 374 g/mol. The highest BCUT2D eigenvalue weighted by molar-refractivity contribution is 5.76. The Labute approximate surface area is 163 Å². The molecule has 0 saturated carbocycles. The molecule has 2 aliphatic heterocycles. The second-order valence-electron chi connectivity index (χ2n) is 9.15. The molecular formula is C22H34N2O3. The Morgan fingerprint density at radius 2 is 2.07 bits per heavy atom. The standard InChI is InChI=1S/C22H34N2O3/c1-22(2,3)20(25)15-24-9-6-16(7-10-24)13-21(26)23-14-17-4-5-19-18(12-17)8-11-27-19/h4-5,12,16,20,25H,6-11,13-15H2,1-3H3,(H,23,26). The largest absolute Gasteiger partial charge is 0.493 e. The third-order valence-electron chi connectivity index (χ3n) is 5.86. The maximum Gasteiger partial charge on any atom is 0.220 e. The highest BCUT2D eigenvalue weighted by atomic mass is 16.5. The molecule has 0 aromatic heterocycles. The van der Waals surface area contributed by atoms with Crippen molar-refractivity contribution in [3.63, 3.8) is 0 Å². The van der Waals surface area contributed by atoms with Gasteiger partial charge in [-0.1, -0.05) is 32.9 Å². The van der Waals surface area contributed by atoms with Crippen molar-refractivity contribution in [3.05, 3.63) is 29.3 Å². The molecule has 1 unspecified atom stereocenters. The Hall–Kier alpha value is -1.59. The van der Waals surface area contributed by atoms with E-state index in [1.807, 2.05) is 12.1 Å². The molecule has 2 heterocycles. The molecule has 2 aliphatic rings. The van der Waals surface area contributed by atoms with Gasteiger partial charge in [-0.05, 0) is 54.5 Å². The van der Waals surface area contributed by atoms with Crippen molar-refractivity contribution in [3.8, 4) is 5.75 Å². The summed E-state index contributed by atoms with van der Waals surface area (Å²) < 4.78 is 5.52. The van der Waals surface area contributed by atoms with Crippen LogP contribution in [0.2, 0.25) is 0 Å². The number of nitrogens with one attached hydrogen (secondary N) is 1. The summed E-state index contributed by atoms with van der Waals surface area (Å²) in [5.41, 5.74) is 2.30. The number of hydrogen-bond acceptors (Lipinski definition) is 4. The van der Waals surface area contributed by atoms with E-state index in [1.54, 1.807) is 0 Å². The number of aliphatic hydroxyl groups is 1. The predicted molar refractivity (Wildman–Crippen MR) is 107 cm³/mol. The fourth-order valence-electron chi connectivity index (χ4n) is 3.78. The zero-order chi connectivity index (χ0) is 19.4. The zero-order valence-electron chi connectivity index (χ0n) is 17.0. The molecule has 0 spiro atoms. The minimum absolute atomic E-state index is 0.0829. The van der Waals surface area contributed by atoms with Crippen LogP contribution in [0.1, 0.15) is 51.2 Å². The number of likely N-dealkylation sites (tertiary alicyclic amines) is 1. The van der Waals surface area contributed by atoms with E-state index >= 15 is 0 Å². The Balaban J connectivity index is 1.37. The number of aliphatic hydroxyl groups excluding tert-OH is 1. The Morgan fingerprint density at radius 3 is 2.78 bits per heavy atom. The van der Waals surface area contributed by atoms with Crippen molar-refractivity contribution in [2.24, 2.45) is 11.3 Å². The van der Waals surface area contributed by atoms with Crippen LogP contribution in [0.4, 0.5) is 0 Å². The maximum absolute atomic E-state index is 12.3. The second kappa shape index (κ2) is 8.61. The van der Waals surface area contributed by atoms with Crippen molar-refractivity contribution >= 4 is 5.91 Å². The lowest BCUT2D eigenvalue weighted by Gasteiger charge is -2.36. The highest BCUT2D eigenvalue weighted by Gasteiger charge is 2.27. The third kappa shape index (κ3) is 5.69. The van der Waals surface area contributed by atoms with Crippen LogP contribution in [0, 0.1) is 11.3 Å². The van der Waals surface area contributed by atoms with Gasteiger partial charge >= 0.3 is 0 Å². The van der Waals surface area contributed by atoms with Crippen molar-refractivity contribution in [2.75, 3.05) is 26.2 Å². The molecule has 1 saturated heterocycles. The van der Waals surface area contributed by atoms with E-state index in [4.69, 9.17) is 4.74 Å². The van der Waals surface area contributed by atoms with Gasteiger partial charge in [0.2, 0.25) is 5.91 Å². The summed E-state index contributed by atoms with van der Waals surface area (Å²) in [6, 6.07) is 6.18. The first-order valence-electron chi connectivity index (χ1n) is 10.2. The average molecular weight is 375 g/mol. The highest BCUT2D eigenvalue weighted by Crippen LogP contribution is 2.26. The third-order valence-corrected chi connectivity index (χ3v) is 5.86. The molecule has 3 rings (SSSR count). The van der Waals surface area contributed by atoms with E-state index in [0.717, 1.165) is 56.8 Å². The van der Waals surface area contributed by atoms with E-state index in [0.29, 0.717) is 18.9 Å². The molecule has 1 amide bonds. The van der Waals surface area contributed by atoms with Crippen molar-refractivity contribution in [1.82, 2.24) is 10.2 Å². The summed E-state index contributed by atoms with van der Waals surface area (Å²) in [5, 5.41) is 13.3. The molecular weight excluding hydrogens is 340 g/mol. The van der Waals surface area contributed by atoms with Crippen LogP contribution in [0.3, 0.4) is 0 Å². The van der Waals surface area contributed by atoms with Gasteiger partial charge in [-0.2, -0.15) is 0 Å². The Kier molecular flexibility index (Phi) is 6.43. The molecule has 1 fully saturated rings. The van der Waals surface area contributed by atoms with Gasteiger partial charge in [-0.15, -0.1) is 0 Å². The van der Waals surface area contributed by atoms with E-state index in [-0.39, 0.29) is 17.4 Å². The number of fused-ring (bicyclic) bond motifs is 1. The van der Waals surface area contributed by atoms with Crippen LogP contribution < -0.4 is 10.1 Å². The van der Waals surface area contributed by atoms with Gasteiger partial charge in [0.15, 0.2) is 0 Å². The second-order valence-corrected chi connectivity index (χ2v) is 9.15. The first kappa shape index (κ1) is 20.2. The van der Waals surface area contributed by atoms with Crippen LogP contribution in [0.15, 0.2) is 18.2 Å². The summed E-state index contributed by atoms with van der Waals surface area (Å²) in [4.78, 5) is 14.6. The first-order valence-corrected chi connectivity index (χ1v) is 10.2. The maximum atomic E-state index is 12.3. The Morgan fingerprint density at radius 1 is 1.33 bits per heavy atom. The van der Waals surface area contributed by atoms with Gasteiger partial charge in [0, 0.05) is 25.9 Å². The smallest absolute Gasteiger partial charge is 0.220 e. The number of benzene rings is 1. The molecule has 1 aromatic carbocycles. The van der Waals surface area contributed by atoms with Crippen molar-refractivity contribution in [2.45, 2.75) is 59.1 Å². The number of hydrogen-bond donors (Lipinski definition) is 2. The Bertz CT molecular complexity index is 645. The summed E-state index contributed by atoms with van der Waals surface area (Å²) in [6.45, 7) is 10.2. The molecule has 0 aliphatic carbocycles. The van der Waals surface area contributed by atoms with E-state index in [2.05, 4.69) is 37.1 Å². The molecule has 150 valence electrons. The van der Waals surface area contributed by atoms with Gasteiger partial charge in [0.25, 0.3) is 0 Å². The van der Waals surface area contributed by atoms with Gasteiger partial charge in [0.1, 0.15) is 5.75 Å². The van der Waals surface area contributed by atoms with Crippen LogP contribution in [0.5, 0.6) is 5.75 Å². The molecule has 1 atom stereocenters. The van der Waals surface area contributed by atoms with E-state index < -0.39 is 0 Å². The van der Waals surface area contributed by atoms with E-state index in [1.165, 1.54) is 5.56 Å². The summed E-state index contributed by atoms with van der Waals surface area (Å²) in [6.07, 6.45) is 3.31. The number of rotatable bonds is 6. The topological polar surface area (TPSA) is 61.8 Å². The normalized spacial score (nSPS) is 19.4. The number of piperidine rings is 1. The average Bonchev–Trinajstić information content (AvgIpc) is 3.08. The SMILES string of the molecule is CC(C)(C)C(O)CN1CCC(CC(=O)NCc2ccc3c(c2)CCO3)CC1. The molecule has 2 N–H and O–H groups in total. The minimum atomic E-state index is -0.310. The quantitative estimate of drug-likeness (QED) is 0.804. The first-order chi connectivity index (χ1) is 12.8. The number of β-amino-alcohol motifs (C(OH)–C–C–N with tert-alkyl or cyclic N) is 1. The minimum Gasteiger partial charge on any atom is -0.493 e. The van der Waals surface area contributed by atoms with Gasteiger partial charge < -0.3 is 20.1 Å². The predicted octanol–water partition coefficient (Wildman–Crippen LogP) is 2.75. The number of nitrogens with zero attached hydrogens (tertiary/aromatic N) is 1. The number of carbonyl (C=O) groups excluding carboxylic acids is 1. The molecule has 5 heteroatoms. The van der Waals surface area contributed by atoms with Gasteiger partial charge in [0.05, 0.1) is 12.7 Å². The fourth-order valence-corrected chi connectivity index (χ4v) is 3.78. The molecule has 5 nitrogen and oxygen atoms in total. The van der Waals surface area contributed by atoms with Crippen LogP contribution in [-0.2, 0) is 17.8 Å². The molecule has 27 heavy (non-hydrogen) atoms. The summed E-state index contributed by atoms with van der Waals surface area (Å²) in [7, 11) is 0. The van der Waals surface area contributed by atoms with Gasteiger partial charge in [-0.3, -0.25) is 4.79 Å². The molecule has 1 aromatic rings. The summed E-state index contributed by atoms with van der Waals surface area (Å²) >= 11 is 0. The van der Waals surface area contributed by atoms with Crippen LogP contribution in [0.25, 0.3) is 0 Å². The lowest BCUT2D eigenvalue weighted by Crippen LogP contribution is -2.43. The molecule has 0 radical (unpaired) electrons. The molecule has 0 bridgehead atoms.